The minimum absolute atomic E-state index is 0.0783. The van der Waals surface area contributed by atoms with Crippen LogP contribution in [0.1, 0.15) is 38.2 Å². The standard InChI is InChI=1S/C15H18N2O2/c1-2-3-4-5-6-7-11-16-13-14-9-8-10-15(12-14)17(18)19/h8-10,12-13H,2-5,11H2,1H3. The van der Waals surface area contributed by atoms with E-state index in [2.05, 4.69) is 23.8 Å². The maximum Gasteiger partial charge on any atom is 0.270 e. The van der Waals surface area contributed by atoms with E-state index in [1.54, 1.807) is 18.3 Å². The highest BCUT2D eigenvalue weighted by molar-refractivity contribution is 5.80. The summed E-state index contributed by atoms with van der Waals surface area (Å²) >= 11 is 0. The number of rotatable bonds is 6. The fourth-order valence-electron chi connectivity index (χ4n) is 1.52. The lowest BCUT2D eigenvalue weighted by atomic mass is 10.2. The summed E-state index contributed by atoms with van der Waals surface area (Å²) in [5.74, 6) is 6.03. The molecule has 4 heteroatoms. The monoisotopic (exact) mass is 258 g/mol. The molecule has 0 aliphatic heterocycles. The number of nitro groups is 1. The molecule has 0 N–H and O–H groups in total. The van der Waals surface area contributed by atoms with Gasteiger partial charge in [0.1, 0.15) is 0 Å². The Bertz CT molecular complexity index is 498. The lowest BCUT2D eigenvalue weighted by Crippen LogP contribution is -1.89. The normalized spacial score (nSPS) is 10.2. The van der Waals surface area contributed by atoms with Crippen LogP contribution in [0.4, 0.5) is 5.69 Å². The van der Waals surface area contributed by atoms with Gasteiger partial charge in [-0.05, 0) is 12.0 Å². The number of hydrogen-bond acceptors (Lipinski definition) is 3. The predicted octanol–water partition coefficient (Wildman–Crippen LogP) is 3.60. The fraction of sp³-hybridized carbons (Fsp3) is 0.400. The molecule has 0 fully saturated rings. The number of aliphatic imine (C=N–C) groups is 1. The van der Waals surface area contributed by atoms with E-state index >= 15 is 0 Å². The van der Waals surface area contributed by atoms with Crippen LogP contribution >= 0.6 is 0 Å². The van der Waals surface area contributed by atoms with Gasteiger partial charge in [0.15, 0.2) is 0 Å². The largest absolute Gasteiger partial charge is 0.280 e. The maximum absolute atomic E-state index is 10.6. The van der Waals surface area contributed by atoms with Crippen LogP contribution in [0.15, 0.2) is 29.3 Å². The Labute approximate surface area is 113 Å². The quantitative estimate of drug-likeness (QED) is 0.257. The second-order valence-electron chi connectivity index (χ2n) is 4.13. The molecule has 1 rings (SSSR count). The first kappa shape index (κ1) is 14.9. The highest BCUT2D eigenvalue weighted by Gasteiger charge is 2.03. The molecule has 0 saturated carbocycles. The second kappa shape index (κ2) is 8.87. The maximum atomic E-state index is 10.6. The summed E-state index contributed by atoms with van der Waals surface area (Å²) in [6.45, 7) is 2.60. The van der Waals surface area contributed by atoms with Crippen molar-refractivity contribution in [3.05, 3.63) is 39.9 Å². The smallest absolute Gasteiger partial charge is 0.270 e. The number of unbranched alkanes of at least 4 members (excludes halogenated alkanes) is 3. The van der Waals surface area contributed by atoms with Crippen LogP contribution < -0.4 is 0 Å². The van der Waals surface area contributed by atoms with Crippen molar-refractivity contribution in [2.24, 2.45) is 4.99 Å². The van der Waals surface area contributed by atoms with Gasteiger partial charge in [-0.3, -0.25) is 15.1 Å². The zero-order chi connectivity index (χ0) is 13.9. The molecule has 1 aromatic carbocycles. The molecule has 4 nitrogen and oxygen atoms in total. The Morgan fingerprint density at radius 1 is 1.37 bits per heavy atom. The third kappa shape index (κ3) is 6.37. The molecule has 0 spiro atoms. The first-order chi connectivity index (χ1) is 9.24. The third-order valence-electron chi connectivity index (χ3n) is 2.52. The predicted molar refractivity (Wildman–Crippen MR) is 77.5 cm³/mol. The molecule has 100 valence electrons. The molecule has 0 bridgehead atoms. The van der Waals surface area contributed by atoms with Crippen molar-refractivity contribution >= 4 is 11.9 Å². The van der Waals surface area contributed by atoms with Gasteiger partial charge < -0.3 is 0 Å². The van der Waals surface area contributed by atoms with E-state index in [4.69, 9.17) is 0 Å². The molecule has 1 aromatic rings. The molecule has 0 saturated heterocycles. The second-order valence-corrected chi connectivity index (χ2v) is 4.13. The van der Waals surface area contributed by atoms with Gasteiger partial charge in [0.25, 0.3) is 5.69 Å². The van der Waals surface area contributed by atoms with Crippen LogP contribution in [0, 0.1) is 22.0 Å². The van der Waals surface area contributed by atoms with Gasteiger partial charge >= 0.3 is 0 Å². The molecule has 0 radical (unpaired) electrons. The molecule has 0 aromatic heterocycles. The van der Waals surface area contributed by atoms with E-state index in [1.165, 1.54) is 25.0 Å². The summed E-state index contributed by atoms with van der Waals surface area (Å²) in [7, 11) is 0. The van der Waals surface area contributed by atoms with Gasteiger partial charge in [-0.15, -0.1) is 5.92 Å². The molecule has 19 heavy (non-hydrogen) atoms. The zero-order valence-electron chi connectivity index (χ0n) is 11.1. The van der Waals surface area contributed by atoms with Gasteiger partial charge in [-0.1, -0.05) is 37.8 Å². The van der Waals surface area contributed by atoms with E-state index in [0.29, 0.717) is 6.54 Å². The van der Waals surface area contributed by atoms with Crippen LogP contribution in [-0.4, -0.2) is 17.7 Å². The Balaban J connectivity index is 2.40. The Hall–Kier alpha value is -2.15. The Morgan fingerprint density at radius 3 is 2.95 bits per heavy atom. The fourth-order valence-corrected chi connectivity index (χ4v) is 1.52. The molecular formula is C15H18N2O2. The first-order valence-corrected chi connectivity index (χ1v) is 6.44. The topological polar surface area (TPSA) is 55.5 Å². The van der Waals surface area contributed by atoms with Crippen molar-refractivity contribution in [1.82, 2.24) is 0 Å². The Morgan fingerprint density at radius 2 is 2.21 bits per heavy atom. The van der Waals surface area contributed by atoms with E-state index in [1.807, 2.05) is 0 Å². The third-order valence-corrected chi connectivity index (χ3v) is 2.52. The summed E-state index contributed by atoms with van der Waals surface area (Å²) in [6, 6.07) is 6.39. The van der Waals surface area contributed by atoms with E-state index in [-0.39, 0.29) is 5.69 Å². The summed E-state index contributed by atoms with van der Waals surface area (Å²) in [5, 5.41) is 10.6. The van der Waals surface area contributed by atoms with Gasteiger partial charge in [0.05, 0.1) is 11.5 Å². The molecule has 0 heterocycles. The number of hydrogen-bond donors (Lipinski definition) is 0. The van der Waals surface area contributed by atoms with Crippen molar-refractivity contribution in [2.45, 2.75) is 32.6 Å². The molecule has 0 aliphatic carbocycles. The lowest BCUT2D eigenvalue weighted by Gasteiger charge is -1.93. The lowest BCUT2D eigenvalue weighted by molar-refractivity contribution is -0.384. The number of nitro benzene ring substituents is 1. The number of nitrogens with zero attached hydrogens (tertiary/aromatic N) is 2. The van der Waals surface area contributed by atoms with Crippen molar-refractivity contribution in [1.29, 1.82) is 0 Å². The van der Waals surface area contributed by atoms with Crippen molar-refractivity contribution in [3.63, 3.8) is 0 Å². The highest BCUT2D eigenvalue weighted by Crippen LogP contribution is 2.11. The van der Waals surface area contributed by atoms with Crippen molar-refractivity contribution < 1.29 is 4.92 Å². The number of benzene rings is 1. The van der Waals surface area contributed by atoms with Crippen LogP contribution in [0.2, 0.25) is 0 Å². The first-order valence-electron chi connectivity index (χ1n) is 6.44. The molecule has 0 unspecified atom stereocenters. The van der Waals surface area contributed by atoms with Gasteiger partial charge in [0, 0.05) is 24.8 Å². The Kier molecular flexibility index (Phi) is 6.96. The van der Waals surface area contributed by atoms with Gasteiger partial charge in [0.2, 0.25) is 0 Å². The van der Waals surface area contributed by atoms with E-state index in [9.17, 15) is 10.1 Å². The summed E-state index contributed by atoms with van der Waals surface area (Å²) in [5.41, 5.74) is 0.802. The average Bonchev–Trinajstić information content (AvgIpc) is 2.42. The zero-order valence-corrected chi connectivity index (χ0v) is 11.1. The summed E-state index contributed by atoms with van der Waals surface area (Å²) < 4.78 is 0. The molecule has 0 amide bonds. The highest BCUT2D eigenvalue weighted by atomic mass is 16.6. The molecular weight excluding hydrogens is 240 g/mol. The summed E-state index contributed by atoms with van der Waals surface area (Å²) in [4.78, 5) is 14.3. The summed E-state index contributed by atoms with van der Waals surface area (Å²) in [6.07, 6.45) is 6.09. The van der Waals surface area contributed by atoms with Crippen LogP contribution in [0.25, 0.3) is 0 Å². The SMILES string of the molecule is CCCCCC#CCN=Cc1cccc([N+](=O)[O-])c1. The van der Waals surface area contributed by atoms with E-state index in [0.717, 1.165) is 18.4 Å². The van der Waals surface area contributed by atoms with E-state index < -0.39 is 4.92 Å². The van der Waals surface area contributed by atoms with Gasteiger partial charge in [-0.25, -0.2) is 0 Å². The van der Waals surface area contributed by atoms with Crippen LogP contribution in [0.5, 0.6) is 0 Å². The molecule has 0 atom stereocenters. The average molecular weight is 258 g/mol. The van der Waals surface area contributed by atoms with Gasteiger partial charge in [-0.2, -0.15) is 0 Å². The molecule has 0 aliphatic rings. The minimum Gasteiger partial charge on any atom is -0.280 e. The number of non-ortho nitro benzene ring substituents is 1. The van der Waals surface area contributed by atoms with Crippen molar-refractivity contribution in [3.8, 4) is 11.8 Å². The van der Waals surface area contributed by atoms with Crippen LogP contribution in [0.3, 0.4) is 0 Å². The van der Waals surface area contributed by atoms with Crippen LogP contribution in [-0.2, 0) is 0 Å². The van der Waals surface area contributed by atoms with Crippen molar-refractivity contribution in [2.75, 3.05) is 6.54 Å². The minimum atomic E-state index is -0.412.